The van der Waals surface area contributed by atoms with E-state index in [2.05, 4.69) is 9.97 Å². The van der Waals surface area contributed by atoms with Crippen molar-refractivity contribution in [2.45, 2.75) is 6.10 Å². The highest BCUT2D eigenvalue weighted by Crippen LogP contribution is 2.21. The van der Waals surface area contributed by atoms with Crippen molar-refractivity contribution in [3.8, 4) is 6.01 Å². The van der Waals surface area contributed by atoms with Gasteiger partial charge < -0.3 is 15.2 Å². The Morgan fingerprint density at radius 3 is 2.81 bits per heavy atom. The fraction of sp³-hybridized carbons (Fsp3) is 0.273. The number of anilines is 1. The number of rotatable bonds is 2. The average molecular weight is 217 g/mol. The van der Waals surface area contributed by atoms with Crippen LogP contribution in [0.3, 0.4) is 0 Å². The monoisotopic (exact) mass is 217 g/mol. The van der Waals surface area contributed by atoms with E-state index < -0.39 is 0 Å². The van der Waals surface area contributed by atoms with Gasteiger partial charge >= 0.3 is 6.01 Å². The minimum atomic E-state index is 0.0561. The highest BCUT2D eigenvalue weighted by molar-refractivity contribution is 5.88. The van der Waals surface area contributed by atoms with Crippen molar-refractivity contribution in [3.05, 3.63) is 24.3 Å². The molecule has 0 radical (unpaired) electrons. The molecule has 2 N–H and O–H groups in total. The van der Waals surface area contributed by atoms with Crippen molar-refractivity contribution in [3.63, 3.8) is 0 Å². The Bertz CT molecular complexity index is 526. The van der Waals surface area contributed by atoms with Crippen LogP contribution in [0.2, 0.25) is 0 Å². The summed E-state index contributed by atoms with van der Waals surface area (Å²) in [6.45, 7) is 1.19. The molecular weight excluding hydrogens is 206 g/mol. The summed E-state index contributed by atoms with van der Waals surface area (Å²) in [5, 5.41) is 0.847. The molecule has 1 aromatic heterocycles. The number of fused-ring (bicyclic) bond motifs is 1. The van der Waals surface area contributed by atoms with E-state index in [1.54, 1.807) is 0 Å². The highest BCUT2D eigenvalue weighted by atomic mass is 16.6. The second-order valence-electron chi connectivity index (χ2n) is 3.69. The summed E-state index contributed by atoms with van der Waals surface area (Å²) < 4.78 is 10.5. The molecule has 82 valence electrons. The van der Waals surface area contributed by atoms with Crippen molar-refractivity contribution >= 4 is 16.7 Å². The van der Waals surface area contributed by atoms with Crippen LogP contribution in [0.1, 0.15) is 0 Å². The number of nitrogens with two attached hydrogens (primary N) is 1. The van der Waals surface area contributed by atoms with Crippen LogP contribution in [0, 0.1) is 0 Å². The lowest BCUT2D eigenvalue weighted by Gasteiger charge is -2.25. The molecule has 5 nitrogen and oxygen atoms in total. The second kappa shape index (κ2) is 3.61. The van der Waals surface area contributed by atoms with Crippen LogP contribution in [0.25, 0.3) is 10.9 Å². The van der Waals surface area contributed by atoms with Crippen molar-refractivity contribution in [2.75, 3.05) is 18.9 Å². The summed E-state index contributed by atoms with van der Waals surface area (Å²) >= 11 is 0. The molecule has 0 amide bonds. The Morgan fingerprint density at radius 1 is 1.25 bits per heavy atom. The van der Waals surface area contributed by atoms with Crippen LogP contribution in [0.15, 0.2) is 24.3 Å². The first-order valence-electron chi connectivity index (χ1n) is 5.09. The Kier molecular flexibility index (Phi) is 2.11. The van der Waals surface area contributed by atoms with Crippen molar-refractivity contribution in [1.29, 1.82) is 0 Å². The molecule has 3 rings (SSSR count). The molecule has 1 aliphatic rings. The maximum atomic E-state index is 5.83. The number of para-hydroxylation sites is 1. The third-order valence-electron chi connectivity index (χ3n) is 2.49. The first-order chi connectivity index (χ1) is 7.83. The zero-order chi connectivity index (χ0) is 11.0. The lowest BCUT2D eigenvalue weighted by Crippen LogP contribution is -2.39. The van der Waals surface area contributed by atoms with Gasteiger partial charge in [0.2, 0.25) is 0 Å². The van der Waals surface area contributed by atoms with Crippen molar-refractivity contribution in [1.82, 2.24) is 9.97 Å². The van der Waals surface area contributed by atoms with Gasteiger partial charge in [0.05, 0.1) is 18.7 Å². The van der Waals surface area contributed by atoms with Gasteiger partial charge in [0.1, 0.15) is 11.9 Å². The van der Waals surface area contributed by atoms with E-state index in [1.165, 1.54) is 0 Å². The molecule has 2 aromatic rings. The topological polar surface area (TPSA) is 70.3 Å². The van der Waals surface area contributed by atoms with Crippen LogP contribution < -0.4 is 10.5 Å². The summed E-state index contributed by atoms with van der Waals surface area (Å²) in [6, 6.07) is 7.91. The Morgan fingerprint density at radius 2 is 2.06 bits per heavy atom. The van der Waals surface area contributed by atoms with Gasteiger partial charge in [-0.3, -0.25) is 0 Å². The molecule has 0 saturated carbocycles. The first kappa shape index (κ1) is 9.35. The quantitative estimate of drug-likeness (QED) is 0.812. The summed E-state index contributed by atoms with van der Waals surface area (Å²) in [7, 11) is 0. The minimum absolute atomic E-state index is 0.0561. The lowest BCUT2D eigenvalue weighted by atomic mass is 10.2. The molecule has 0 spiro atoms. The van der Waals surface area contributed by atoms with Gasteiger partial charge in [0.15, 0.2) is 0 Å². The van der Waals surface area contributed by atoms with E-state index in [4.69, 9.17) is 15.2 Å². The Labute approximate surface area is 92.2 Å². The normalized spacial score (nSPS) is 16.0. The molecule has 1 aliphatic heterocycles. The molecule has 1 aromatic carbocycles. The highest BCUT2D eigenvalue weighted by Gasteiger charge is 2.21. The number of hydrogen-bond acceptors (Lipinski definition) is 5. The predicted octanol–water partition coefficient (Wildman–Crippen LogP) is 0.990. The first-order valence-corrected chi connectivity index (χ1v) is 5.09. The molecule has 0 atom stereocenters. The molecule has 2 heterocycles. The van der Waals surface area contributed by atoms with Crippen molar-refractivity contribution < 1.29 is 9.47 Å². The SMILES string of the molecule is Nc1nc(OC2COC2)nc2ccccc12. The summed E-state index contributed by atoms with van der Waals surface area (Å²) in [5.74, 6) is 0.445. The van der Waals surface area contributed by atoms with Crippen LogP contribution >= 0.6 is 0 Å². The second-order valence-corrected chi connectivity index (χ2v) is 3.69. The fourth-order valence-electron chi connectivity index (χ4n) is 1.56. The number of nitrogen functional groups attached to an aromatic ring is 1. The van der Waals surface area contributed by atoms with E-state index in [9.17, 15) is 0 Å². The van der Waals surface area contributed by atoms with Gasteiger partial charge in [-0.2, -0.15) is 9.97 Å². The van der Waals surface area contributed by atoms with Gasteiger partial charge in [-0.05, 0) is 12.1 Å². The molecule has 0 aliphatic carbocycles. The van der Waals surface area contributed by atoms with Crippen LogP contribution in [-0.2, 0) is 4.74 Å². The number of nitrogens with zero attached hydrogens (tertiary/aromatic N) is 2. The summed E-state index contributed by atoms with van der Waals surface area (Å²) in [4.78, 5) is 8.40. The maximum Gasteiger partial charge on any atom is 0.319 e. The lowest BCUT2D eigenvalue weighted by molar-refractivity contribution is -0.0829. The smallest absolute Gasteiger partial charge is 0.319 e. The number of aromatic nitrogens is 2. The molecule has 0 bridgehead atoms. The number of ether oxygens (including phenoxy) is 2. The molecule has 1 fully saturated rings. The zero-order valence-electron chi connectivity index (χ0n) is 8.59. The van der Waals surface area contributed by atoms with Gasteiger partial charge in [-0.15, -0.1) is 0 Å². The van der Waals surface area contributed by atoms with Gasteiger partial charge in [0.25, 0.3) is 0 Å². The third-order valence-corrected chi connectivity index (χ3v) is 2.49. The molecule has 16 heavy (non-hydrogen) atoms. The largest absolute Gasteiger partial charge is 0.455 e. The number of hydrogen-bond donors (Lipinski definition) is 1. The molecule has 5 heteroatoms. The molecule has 0 unspecified atom stereocenters. The van der Waals surface area contributed by atoms with E-state index in [1.807, 2.05) is 24.3 Å². The predicted molar refractivity (Wildman–Crippen MR) is 59.2 cm³/mol. The van der Waals surface area contributed by atoms with Gasteiger partial charge in [-0.25, -0.2) is 0 Å². The van der Waals surface area contributed by atoms with E-state index in [-0.39, 0.29) is 6.10 Å². The van der Waals surface area contributed by atoms with Crippen LogP contribution in [0.5, 0.6) is 6.01 Å². The Balaban J connectivity index is 1.99. The van der Waals surface area contributed by atoms with E-state index in [0.717, 1.165) is 10.9 Å². The van der Waals surface area contributed by atoms with Gasteiger partial charge in [-0.1, -0.05) is 12.1 Å². The fourth-order valence-corrected chi connectivity index (χ4v) is 1.56. The summed E-state index contributed by atoms with van der Waals surface area (Å²) in [5.41, 5.74) is 6.63. The standard InChI is InChI=1S/C11H11N3O2/c12-10-8-3-1-2-4-9(8)13-11(14-10)16-7-5-15-6-7/h1-4,7H,5-6H2,(H2,12,13,14). The number of benzene rings is 1. The summed E-state index contributed by atoms with van der Waals surface area (Å²) in [6.07, 6.45) is 0.0561. The molecular formula is C11H11N3O2. The zero-order valence-corrected chi connectivity index (χ0v) is 8.59. The Hall–Kier alpha value is -1.88. The van der Waals surface area contributed by atoms with Crippen molar-refractivity contribution in [2.24, 2.45) is 0 Å². The van der Waals surface area contributed by atoms with E-state index in [0.29, 0.717) is 25.0 Å². The maximum absolute atomic E-state index is 5.83. The minimum Gasteiger partial charge on any atom is -0.455 e. The average Bonchev–Trinajstić information content (AvgIpc) is 2.24. The third kappa shape index (κ3) is 1.55. The molecule has 1 saturated heterocycles. The van der Waals surface area contributed by atoms with E-state index >= 15 is 0 Å². The van der Waals surface area contributed by atoms with Gasteiger partial charge in [0, 0.05) is 5.39 Å². The van der Waals surface area contributed by atoms with Crippen LogP contribution in [-0.4, -0.2) is 29.3 Å². The van der Waals surface area contributed by atoms with Crippen LogP contribution in [0.4, 0.5) is 5.82 Å².